The molecule has 2 aliphatic heterocycles. The minimum Gasteiger partial charge on any atom is -0.494 e. The van der Waals surface area contributed by atoms with Crippen molar-refractivity contribution < 1.29 is 89.1 Å². The van der Waals surface area contributed by atoms with Crippen LogP contribution in [0.15, 0.2) is 222 Å². The molecule has 0 fully saturated rings. The van der Waals surface area contributed by atoms with Crippen LogP contribution in [-0.4, -0.2) is 139 Å². The number of hydrogen-bond acceptors (Lipinski definition) is 24. The number of fused-ring (bicyclic) bond motifs is 4. The van der Waals surface area contributed by atoms with E-state index in [9.17, 15) is 84.4 Å². The van der Waals surface area contributed by atoms with Gasteiger partial charge in [0.15, 0.2) is 17.2 Å². The lowest BCUT2D eigenvalue weighted by Gasteiger charge is -2.17. The highest BCUT2D eigenvalue weighted by Crippen LogP contribution is 2.41. The van der Waals surface area contributed by atoms with Gasteiger partial charge in [-0.05, 0) is 164 Å². The minimum atomic E-state index is -4.89. The van der Waals surface area contributed by atoms with Crippen LogP contribution < -0.4 is 23.6 Å². The van der Waals surface area contributed by atoms with Crippen LogP contribution >= 0.6 is 69.6 Å². The summed E-state index contributed by atoms with van der Waals surface area (Å²) < 4.78 is 198. The Kier molecular flexibility index (Phi) is 27.7. The lowest BCUT2D eigenvalue weighted by atomic mass is 10.0. The molecule has 48 heteroatoms. The predicted molar refractivity (Wildman–Crippen MR) is 475 cm³/mol. The third-order valence-electron chi connectivity index (χ3n) is 19.1. The Bertz CT molecular complexity index is 7730. The largest absolute Gasteiger partial charge is 0.494 e. The Labute approximate surface area is 768 Å². The Morgan fingerprint density at radius 2 is 0.893 bits per heavy atom. The summed E-state index contributed by atoms with van der Waals surface area (Å²) in [6.45, 7) is 8.42. The van der Waals surface area contributed by atoms with E-state index in [1.54, 1.807) is 56.6 Å². The number of aryl methyl sites for hydroxylation is 3. The molecule has 0 aliphatic carbocycles. The maximum absolute atomic E-state index is 13.6. The number of carbonyl (C=O) groups is 4. The van der Waals surface area contributed by atoms with Gasteiger partial charge in [-0.2, -0.15) is 31.1 Å². The van der Waals surface area contributed by atoms with Crippen molar-refractivity contribution in [3.63, 3.8) is 0 Å². The highest BCUT2D eigenvalue weighted by Gasteiger charge is 2.38. The molecule has 16 rings (SSSR count). The molecule has 0 radical (unpaired) electrons. The van der Waals surface area contributed by atoms with Crippen LogP contribution in [0.4, 0.5) is 49.1 Å². The van der Waals surface area contributed by atoms with Gasteiger partial charge in [-0.15, -0.1) is 0 Å². The second-order valence-corrected chi connectivity index (χ2v) is 37.5. The van der Waals surface area contributed by atoms with E-state index >= 15 is 0 Å². The second kappa shape index (κ2) is 38.0. The zero-order valence-electron chi connectivity index (χ0n) is 67.5. The van der Waals surface area contributed by atoms with Gasteiger partial charge in [0.1, 0.15) is 51.6 Å². The van der Waals surface area contributed by atoms with E-state index in [-0.39, 0.29) is 116 Å². The summed E-state index contributed by atoms with van der Waals surface area (Å²) in [5.74, 6) is -2.47. The fraction of sp³-hybridized carbons (Fsp3) is 0.108. The molecule has 0 saturated heterocycles. The fourth-order valence-electron chi connectivity index (χ4n) is 12.8. The number of alkyl halides is 6. The fourth-order valence-corrected chi connectivity index (χ4v) is 18.4. The molecule has 131 heavy (non-hydrogen) atoms. The maximum atomic E-state index is 13.6. The van der Waals surface area contributed by atoms with Crippen molar-refractivity contribution in [1.29, 1.82) is 0 Å². The smallest absolute Gasteiger partial charge is 0.417 e. The number of nitrogens with one attached hydrogen (secondary N) is 7. The molecule has 12 heterocycles. The summed E-state index contributed by atoms with van der Waals surface area (Å²) in [5, 5.41) is 11.7. The van der Waals surface area contributed by atoms with Gasteiger partial charge in [0.25, 0.3) is 40.1 Å². The number of ether oxygens (including phenoxy) is 1. The van der Waals surface area contributed by atoms with E-state index in [1.807, 2.05) is 13.8 Å². The van der Waals surface area contributed by atoms with E-state index in [4.69, 9.17) is 74.3 Å². The van der Waals surface area contributed by atoms with Crippen molar-refractivity contribution in [3.05, 3.63) is 311 Å². The van der Waals surface area contributed by atoms with Crippen molar-refractivity contribution in [1.82, 2.24) is 69.5 Å². The molecular formula is C83H60Cl6F6N18O14S4. The molecule has 0 bridgehead atoms. The summed E-state index contributed by atoms with van der Waals surface area (Å²) in [4.78, 5) is 101. The third-order valence-corrected chi connectivity index (χ3v) is 26.3. The lowest BCUT2D eigenvalue weighted by Crippen LogP contribution is -2.19. The SMILES string of the molecule is CC(C)c1cc(S(=O)(=O)Nc2cc(Cl)cnc2C(=O)c2ccnc3[nH]ccc23)ccc1Cl.COc1cn(O)c2nccc-2c1C(=O)c1ncc(C)cc1NS(=O)(=O)c1ccc(C)c(C(F)(F)F)c1.Cc1ccc(S(=O)(=O)Nc2cc(Cl)cnc2C(=O)c2ccnc3[nH]ccc23)cc1Cl.O=C(c1ncc(Cl)cc1NS(=O)(=O)c1ccc(Cl)c(C(F)(F)F)c1)c1ncnc2nc[nH]c12. The normalized spacial score (nSPS) is 11.9. The molecule has 4 aromatic carbocycles. The monoisotopic (exact) mass is 1980 g/mol. The third kappa shape index (κ3) is 21.0. The first kappa shape index (κ1) is 95.3. The average Bonchev–Trinajstić information content (AvgIpc) is 1.72. The van der Waals surface area contributed by atoms with Gasteiger partial charge in [0.2, 0.25) is 23.1 Å². The molecule has 674 valence electrons. The number of aromatic amines is 3. The first-order valence-corrected chi connectivity index (χ1v) is 45.5. The van der Waals surface area contributed by atoms with Crippen LogP contribution in [0.2, 0.25) is 30.1 Å². The molecule has 0 unspecified atom stereocenters. The van der Waals surface area contributed by atoms with Gasteiger partial charge >= 0.3 is 12.4 Å². The average molecular weight is 1990 g/mol. The number of hydrogen-bond donors (Lipinski definition) is 8. The molecule has 2 aliphatic rings. The number of ketones is 4. The molecule has 0 saturated carbocycles. The number of carbonyl (C=O) groups excluding carboxylic acids is 4. The Balaban J connectivity index is 0.000000149. The Morgan fingerprint density at radius 1 is 0.450 bits per heavy atom. The van der Waals surface area contributed by atoms with Crippen LogP contribution in [0.1, 0.15) is 117 Å². The standard InChI is InChI=1S/C23H19F3N4O5S.C22H18Cl2N4O3S.C20H14Cl2N4O3S.C18H9Cl2F3N6O3S/c1-12-8-17(29-36(33,34)14-5-4-13(2)16(9-14)23(24,25)26)20(28-10-12)21(31)19-15-6-7-27-22(15)30(32)11-18(19)35-3;1-12(2)17-10-14(3-4-18(17)24)32(30,31)28-19-9-13(23)11-27-20(19)21(29)15-5-7-25-22-16(15)6-8-26-22;1-11-2-3-13(9-16(11)22)30(28,29)26-17-8-12(21)10-25-18(17)19(27)14-4-6-23-20-15(14)5-7-24-20;19-8-3-12(29-33(31,32)9-1-2-11(20)10(4-9)18(21,22)23)13(24-5-8)16(30)14-15-17(27-6-25-14)28-7-26-15/h4-11,29,32H,1-3H3;3-12,28H,1-2H3,(H,25,26);2-10,26H,1H3,(H,23,24);1-7,29H,(H,25,26,27,28). The van der Waals surface area contributed by atoms with E-state index < -0.39 is 107 Å². The van der Waals surface area contributed by atoms with Gasteiger partial charge in [-0.1, -0.05) is 95.6 Å². The van der Waals surface area contributed by atoms with Gasteiger partial charge in [-0.25, -0.2) is 78.5 Å². The molecular weight excluding hydrogens is 1930 g/mol. The van der Waals surface area contributed by atoms with Crippen LogP contribution in [0, 0.1) is 20.8 Å². The molecule has 32 nitrogen and oxygen atoms in total. The highest BCUT2D eigenvalue weighted by molar-refractivity contribution is 7.93. The molecule has 0 atom stereocenters. The first-order chi connectivity index (χ1) is 61.7. The molecule has 14 aromatic rings. The summed E-state index contributed by atoms with van der Waals surface area (Å²) in [5.41, 5.74) is -0.112. The van der Waals surface area contributed by atoms with E-state index in [2.05, 4.69) is 83.7 Å². The summed E-state index contributed by atoms with van der Waals surface area (Å²) >= 11 is 35.8. The number of methoxy groups -OCH3 is 1. The lowest BCUT2D eigenvalue weighted by molar-refractivity contribution is -0.138. The zero-order valence-corrected chi connectivity index (χ0v) is 75.3. The Hall–Kier alpha value is -13.3. The number of aromatic nitrogens is 14. The number of pyridine rings is 7. The van der Waals surface area contributed by atoms with E-state index in [0.717, 1.165) is 54.6 Å². The topological polar surface area (TPSA) is 464 Å². The molecule has 0 spiro atoms. The Morgan fingerprint density at radius 3 is 1.39 bits per heavy atom. The number of anilines is 4. The van der Waals surface area contributed by atoms with Crippen LogP contribution in [0.3, 0.4) is 0 Å². The number of rotatable bonds is 22. The van der Waals surface area contributed by atoms with E-state index in [0.29, 0.717) is 71.2 Å². The predicted octanol–water partition coefficient (Wildman–Crippen LogP) is 18.4. The van der Waals surface area contributed by atoms with Crippen molar-refractivity contribution in [2.75, 3.05) is 26.0 Å². The number of H-pyrrole nitrogens is 3. The van der Waals surface area contributed by atoms with Crippen molar-refractivity contribution in [2.45, 2.75) is 72.5 Å². The van der Waals surface area contributed by atoms with Crippen molar-refractivity contribution in [2.24, 2.45) is 0 Å². The van der Waals surface area contributed by atoms with Crippen LogP contribution in [0.25, 0.3) is 44.6 Å². The van der Waals surface area contributed by atoms with Crippen molar-refractivity contribution >= 4 is 189 Å². The number of imidazole rings is 1. The summed E-state index contributed by atoms with van der Waals surface area (Å²) in [7, 11) is -16.0. The highest BCUT2D eigenvalue weighted by atomic mass is 35.5. The van der Waals surface area contributed by atoms with Gasteiger partial charge in [0.05, 0.1) is 98.7 Å². The molecule has 8 N–H and O–H groups in total. The van der Waals surface area contributed by atoms with Crippen LogP contribution in [-0.2, 0) is 52.4 Å². The van der Waals surface area contributed by atoms with E-state index in [1.165, 1.54) is 112 Å². The summed E-state index contributed by atoms with van der Waals surface area (Å²) in [6, 6.07) is 26.6. The summed E-state index contributed by atoms with van der Waals surface area (Å²) in [6.07, 6.45) is 6.52. The number of nitrogens with zero attached hydrogens (tertiary/aromatic N) is 11. The number of sulfonamides is 4. The second-order valence-electron chi connectivity index (χ2n) is 28.3. The van der Waals surface area contributed by atoms with Gasteiger partial charge in [-0.3, -0.25) is 43.1 Å². The zero-order chi connectivity index (χ0) is 94.9. The number of benzene rings is 4. The molecule has 0 amide bonds. The number of halogens is 12. The van der Waals surface area contributed by atoms with Gasteiger partial charge in [0, 0.05) is 93.3 Å². The first-order valence-electron chi connectivity index (χ1n) is 37.3. The minimum absolute atomic E-state index is 0.0147. The van der Waals surface area contributed by atoms with Crippen molar-refractivity contribution in [3.8, 4) is 17.1 Å². The quantitative estimate of drug-likeness (QED) is 0.0177. The van der Waals surface area contributed by atoms with Gasteiger partial charge < -0.3 is 24.9 Å². The maximum Gasteiger partial charge on any atom is 0.417 e. The molecule has 10 aromatic heterocycles. The van der Waals surface area contributed by atoms with Crippen LogP contribution in [0.5, 0.6) is 5.75 Å².